The lowest BCUT2D eigenvalue weighted by Crippen LogP contribution is -2.29. The normalized spacial score (nSPS) is 10.3. The van der Waals surface area contributed by atoms with Crippen LogP contribution in [-0.4, -0.2) is 53.6 Å². The number of nitrogens with one attached hydrogen (secondary N) is 1. The van der Waals surface area contributed by atoms with E-state index in [0.717, 1.165) is 17.7 Å². The van der Waals surface area contributed by atoms with Gasteiger partial charge in [0, 0.05) is 32.1 Å². The first-order valence-electron chi connectivity index (χ1n) is 9.06. The van der Waals surface area contributed by atoms with Gasteiger partial charge in [-0.3, -0.25) is 9.78 Å². The van der Waals surface area contributed by atoms with Crippen LogP contribution in [0.3, 0.4) is 0 Å². The molecule has 0 saturated heterocycles. The Kier molecular flexibility index (Phi) is 6.57. The van der Waals surface area contributed by atoms with Crippen molar-refractivity contribution >= 4 is 17.4 Å². The second-order valence-electron chi connectivity index (χ2n) is 6.31. The van der Waals surface area contributed by atoms with E-state index in [1.165, 1.54) is 12.4 Å². The minimum absolute atomic E-state index is 0.180. The maximum absolute atomic E-state index is 12.6. The summed E-state index contributed by atoms with van der Waals surface area (Å²) in [5, 5.41) is 3.13. The number of hydrogen-bond donors (Lipinski definition) is 1. The minimum Gasteiger partial charge on any atom is -0.497 e. The van der Waals surface area contributed by atoms with Gasteiger partial charge in [-0.1, -0.05) is 0 Å². The summed E-state index contributed by atoms with van der Waals surface area (Å²) in [6.07, 6.45) is 7.21. The number of pyridine rings is 1. The SMILES string of the molecule is COc1ccc(Nc2cnc(C(=O)N(C)CCc3ccncc3)cn2)c(OC)c1. The molecule has 2 aromatic heterocycles. The fraction of sp³-hybridized carbons (Fsp3) is 0.238. The summed E-state index contributed by atoms with van der Waals surface area (Å²) < 4.78 is 10.6. The predicted octanol–water partition coefficient (Wildman–Crippen LogP) is 2.95. The standard InChI is InChI=1S/C21H23N5O3/c1-26(11-8-15-6-9-22-10-7-15)21(27)18-13-24-20(14-23-18)25-17-5-4-16(28-2)12-19(17)29-3/h4-7,9-10,12-14H,8,11H2,1-3H3,(H,24,25). The Morgan fingerprint density at radius 3 is 2.52 bits per heavy atom. The Labute approximate surface area is 169 Å². The fourth-order valence-corrected chi connectivity index (χ4v) is 2.69. The number of aromatic nitrogens is 3. The first kappa shape index (κ1) is 20.1. The van der Waals surface area contributed by atoms with E-state index < -0.39 is 0 Å². The van der Waals surface area contributed by atoms with Gasteiger partial charge < -0.3 is 19.7 Å². The Balaban J connectivity index is 1.63. The van der Waals surface area contributed by atoms with Crippen molar-refractivity contribution in [3.8, 4) is 11.5 Å². The van der Waals surface area contributed by atoms with E-state index in [9.17, 15) is 4.79 Å². The lowest BCUT2D eigenvalue weighted by molar-refractivity contribution is 0.0790. The van der Waals surface area contributed by atoms with E-state index in [4.69, 9.17) is 9.47 Å². The smallest absolute Gasteiger partial charge is 0.273 e. The van der Waals surface area contributed by atoms with Gasteiger partial charge in [-0.2, -0.15) is 0 Å². The zero-order chi connectivity index (χ0) is 20.6. The first-order valence-corrected chi connectivity index (χ1v) is 9.06. The van der Waals surface area contributed by atoms with Gasteiger partial charge in [0.15, 0.2) is 0 Å². The molecule has 0 fully saturated rings. The third kappa shape index (κ3) is 5.19. The molecule has 8 nitrogen and oxygen atoms in total. The highest BCUT2D eigenvalue weighted by Gasteiger charge is 2.14. The lowest BCUT2D eigenvalue weighted by atomic mass is 10.2. The number of benzene rings is 1. The van der Waals surface area contributed by atoms with Crippen molar-refractivity contribution in [1.29, 1.82) is 0 Å². The van der Waals surface area contributed by atoms with E-state index in [0.29, 0.717) is 23.9 Å². The first-order chi connectivity index (χ1) is 14.1. The number of methoxy groups -OCH3 is 2. The number of rotatable bonds is 8. The number of likely N-dealkylation sites (N-methyl/N-ethyl adjacent to an activating group) is 1. The minimum atomic E-state index is -0.180. The highest BCUT2D eigenvalue weighted by Crippen LogP contribution is 2.30. The van der Waals surface area contributed by atoms with Crippen LogP contribution < -0.4 is 14.8 Å². The Bertz CT molecular complexity index is 948. The Morgan fingerprint density at radius 2 is 1.86 bits per heavy atom. The molecular formula is C21H23N5O3. The van der Waals surface area contributed by atoms with Crippen LogP contribution in [0, 0.1) is 0 Å². The summed E-state index contributed by atoms with van der Waals surface area (Å²) >= 11 is 0. The van der Waals surface area contributed by atoms with Gasteiger partial charge in [0.1, 0.15) is 23.0 Å². The molecule has 0 atom stereocenters. The monoisotopic (exact) mass is 393 g/mol. The fourth-order valence-electron chi connectivity index (χ4n) is 2.69. The van der Waals surface area contributed by atoms with Gasteiger partial charge in [0.05, 0.1) is 32.3 Å². The third-order valence-electron chi connectivity index (χ3n) is 4.37. The summed E-state index contributed by atoms with van der Waals surface area (Å²) in [5.41, 5.74) is 2.13. The number of carbonyl (C=O) groups excluding carboxylic acids is 1. The molecule has 0 radical (unpaired) electrons. The lowest BCUT2D eigenvalue weighted by Gasteiger charge is -2.17. The molecule has 0 aliphatic rings. The van der Waals surface area contributed by atoms with Gasteiger partial charge in [0.2, 0.25) is 0 Å². The van der Waals surface area contributed by atoms with Gasteiger partial charge >= 0.3 is 0 Å². The van der Waals surface area contributed by atoms with Crippen LogP contribution in [-0.2, 0) is 6.42 Å². The summed E-state index contributed by atoms with van der Waals surface area (Å²) in [7, 11) is 4.92. The molecule has 150 valence electrons. The number of hydrogen-bond acceptors (Lipinski definition) is 7. The maximum atomic E-state index is 12.6. The van der Waals surface area contributed by atoms with Gasteiger partial charge in [0.25, 0.3) is 5.91 Å². The molecule has 29 heavy (non-hydrogen) atoms. The van der Waals surface area contributed by atoms with Crippen LogP contribution in [0.15, 0.2) is 55.1 Å². The topological polar surface area (TPSA) is 89.5 Å². The molecule has 3 aromatic rings. The van der Waals surface area contributed by atoms with E-state index in [1.54, 1.807) is 44.6 Å². The van der Waals surface area contributed by atoms with E-state index >= 15 is 0 Å². The van der Waals surface area contributed by atoms with Gasteiger partial charge in [-0.15, -0.1) is 0 Å². The van der Waals surface area contributed by atoms with Crippen LogP contribution in [0.1, 0.15) is 16.1 Å². The highest BCUT2D eigenvalue weighted by molar-refractivity contribution is 5.92. The summed E-state index contributed by atoms with van der Waals surface area (Å²) in [6.45, 7) is 0.577. The van der Waals surface area contributed by atoms with Crippen LogP contribution in [0.2, 0.25) is 0 Å². The molecule has 2 heterocycles. The van der Waals surface area contributed by atoms with Crippen LogP contribution >= 0.6 is 0 Å². The van der Waals surface area contributed by atoms with Crippen molar-refractivity contribution in [2.45, 2.75) is 6.42 Å². The molecule has 1 aromatic carbocycles. The van der Waals surface area contributed by atoms with Crippen LogP contribution in [0.4, 0.5) is 11.5 Å². The van der Waals surface area contributed by atoms with Gasteiger partial charge in [-0.25, -0.2) is 9.97 Å². The molecule has 0 saturated carbocycles. The van der Waals surface area contributed by atoms with Crippen molar-refractivity contribution in [1.82, 2.24) is 19.9 Å². The van der Waals surface area contributed by atoms with Gasteiger partial charge in [-0.05, 0) is 36.2 Å². The molecule has 1 N–H and O–H groups in total. The van der Waals surface area contributed by atoms with Crippen molar-refractivity contribution in [3.63, 3.8) is 0 Å². The quantitative estimate of drug-likeness (QED) is 0.629. The van der Waals surface area contributed by atoms with E-state index in [1.807, 2.05) is 24.3 Å². The largest absolute Gasteiger partial charge is 0.497 e. The highest BCUT2D eigenvalue weighted by atomic mass is 16.5. The number of anilines is 2. The summed E-state index contributed by atoms with van der Waals surface area (Å²) in [4.78, 5) is 26.7. The maximum Gasteiger partial charge on any atom is 0.273 e. The molecule has 0 aliphatic carbocycles. The molecule has 0 bridgehead atoms. The number of nitrogens with zero attached hydrogens (tertiary/aromatic N) is 4. The molecule has 0 unspecified atom stereocenters. The molecule has 8 heteroatoms. The average molecular weight is 393 g/mol. The van der Waals surface area contributed by atoms with Crippen molar-refractivity contribution in [3.05, 3.63) is 66.4 Å². The molecular weight excluding hydrogens is 370 g/mol. The van der Waals surface area contributed by atoms with Crippen molar-refractivity contribution in [2.24, 2.45) is 0 Å². The van der Waals surface area contributed by atoms with E-state index in [2.05, 4.69) is 20.3 Å². The third-order valence-corrected chi connectivity index (χ3v) is 4.37. The van der Waals surface area contributed by atoms with Crippen molar-refractivity contribution in [2.75, 3.05) is 33.1 Å². The van der Waals surface area contributed by atoms with Crippen molar-refractivity contribution < 1.29 is 14.3 Å². The number of carbonyl (C=O) groups is 1. The van der Waals surface area contributed by atoms with E-state index in [-0.39, 0.29) is 11.6 Å². The second-order valence-corrected chi connectivity index (χ2v) is 6.31. The molecule has 1 amide bonds. The average Bonchev–Trinajstić information content (AvgIpc) is 2.78. The zero-order valence-electron chi connectivity index (χ0n) is 16.6. The molecule has 3 rings (SSSR count). The number of ether oxygens (including phenoxy) is 2. The predicted molar refractivity (Wildman–Crippen MR) is 110 cm³/mol. The van der Waals surface area contributed by atoms with Crippen LogP contribution in [0.25, 0.3) is 0 Å². The summed E-state index contributed by atoms with van der Waals surface area (Å²) in [5.74, 6) is 1.63. The van der Waals surface area contributed by atoms with Crippen LogP contribution in [0.5, 0.6) is 11.5 Å². The summed E-state index contributed by atoms with van der Waals surface area (Å²) in [6, 6.07) is 9.28. The zero-order valence-corrected chi connectivity index (χ0v) is 16.6. The second kappa shape index (κ2) is 9.50. The Hall–Kier alpha value is -3.68. The molecule has 0 aliphatic heterocycles. The molecule has 0 spiro atoms. The Morgan fingerprint density at radius 1 is 1.07 bits per heavy atom. The number of amides is 1.